The van der Waals surface area contributed by atoms with Crippen molar-refractivity contribution in [2.45, 2.75) is 25.4 Å². The van der Waals surface area contributed by atoms with Crippen molar-refractivity contribution in [3.05, 3.63) is 93.7 Å². The Balaban J connectivity index is 1.41. The molecule has 2 aromatic carbocycles. The summed E-state index contributed by atoms with van der Waals surface area (Å²) in [5.41, 5.74) is 2.83. The Morgan fingerprint density at radius 1 is 0.941 bits per heavy atom. The smallest absolute Gasteiger partial charge is 0.262 e. The van der Waals surface area contributed by atoms with E-state index in [0.717, 1.165) is 37.2 Å². The maximum absolute atomic E-state index is 13.6. The fourth-order valence-electron chi connectivity index (χ4n) is 4.20. The average Bonchev–Trinajstić information content (AvgIpc) is 3.32. The van der Waals surface area contributed by atoms with Crippen LogP contribution in [0.4, 0.5) is 0 Å². The topological polar surface area (TPSA) is 76.4 Å². The van der Waals surface area contributed by atoms with E-state index in [0.29, 0.717) is 30.0 Å². The normalized spacial score (nSPS) is 15.2. The highest BCUT2D eigenvalue weighted by molar-refractivity contribution is 7.12. The third-order valence-corrected chi connectivity index (χ3v) is 6.89. The van der Waals surface area contributed by atoms with Gasteiger partial charge in [-0.2, -0.15) is 5.26 Å². The Morgan fingerprint density at radius 2 is 1.74 bits per heavy atom. The minimum atomic E-state index is -0.609. The first-order valence-electron chi connectivity index (χ1n) is 11.5. The van der Waals surface area contributed by atoms with Crippen LogP contribution < -0.4 is 5.32 Å². The van der Waals surface area contributed by atoms with Crippen LogP contribution in [0.3, 0.4) is 0 Å². The Bertz CT molecular complexity index is 1120. The molecule has 1 aliphatic rings. The van der Waals surface area contributed by atoms with E-state index in [1.807, 2.05) is 70.9 Å². The molecular formula is C27H28N4O2S. The van der Waals surface area contributed by atoms with Gasteiger partial charge in [0, 0.05) is 39.1 Å². The molecule has 6 nitrogen and oxygen atoms in total. The Labute approximate surface area is 204 Å². The van der Waals surface area contributed by atoms with Gasteiger partial charge in [0.2, 0.25) is 5.91 Å². The molecule has 0 unspecified atom stereocenters. The van der Waals surface area contributed by atoms with E-state index in [1.54, 1.807) is 6.07 Å². The number of amides is 2. The number of carbonyl (C=O) groups is 2. The maximum Gasteiger partial charge on any atom is 0.262 e. The lowest BCUT2D eigenvalue weighted by molar-refractivity contribution is -0.133. The van der Waals surface area contributed by atoms with Crippen LogP contribution in [0.15, 0.2) is 72.1 Å². The average molecular weight is 473 g/mol. The second-order valence-electron chi connectivity index (χ2n) is 8.46. The summed E-state index contributed by atoms with van der Waals surface area (Å²) < 4.78 is 0. The standard InChI is InChI=1S/C27H28N4O2S/c28-19-22-9-11-23(12-10-22)20-30-13-5-14-31(16-15-30)27(33)24(18-21-6-2-1-3-7-21)29-26(32)25-8-4-17-34-25/h1-4,6-12,17,24H,5,13-16,18,20H2,(H,29,32)/t24-/m1/s1. The molecule has 7 heteroatoms. The summed E-state index contributed by atoms with van der Waals surface area (Å²) >= 11 is 1.37. The predicted octanol–water partition coefficient (Wildman–Crippen LogP) is 3.70. The van der Waals surface area contributed by atoms with Crippen molar-refractivity contribution in [2.24, 2.45) is 0 Å². The van der Waals surface area contributed by atoms with E-state index in [4.69, 9.17) is 5.26 Å². The molecule has 1 atom stereocenters. The molecule has 0 saturated carbocycles. The van der Waals surface area contributed by atoms with Gasteiger partial charge in [0.1, 0.15) is 6.04 Å². The molecule has 2 amide bonds. The van der Waals surface area contributed by atoms with Gasteiger partial charge in [-0.1, -0.05) is 48.5 Å². The summed E-state index contributed by atoms with van der Waals surface area (Å²) in [5.74, 6) is -0.240. The molecule has 3 aromatic rings. The molecule has 1 fully saturated rings. The number of nitrogens with zero attached hydrogens (tertiary/aromatic N) is 3. The van der Waals surface area contributed by atoms with Gasteiger partial charge < -0.3 is 10.2 Å². The van der Waals surface area contributed by atoms with Gasteiger partial charge in [0.25, 0.3) is 5.91 Å². The summed E-state index contributed by atoms with van der Waals surface area (Å²) in [6, 6.07) is 22.6. The van der Waals surface area contributed by atoms with E-state index in [-0.39, 0.29) is 11.8 Å². The van der Waals surface area contributed by atoms with Crippen molar-refractivity contribution < 1.29 is 9.59 Å². The van der Waals surface area contributed by atoms with Crippen LogP contribution in [-0.2, 0) is 17.8 Å². The molecule has 1 N–H and O–H groups in total. The van der Waals surface area contributed by atoms with E-state index >= 15 is 0 Å². The molecule has 2 heterocycles. The van der Waals surface area contributed by atoms with Crippen molar-refractivity contribution >= 4 is 23.2 Å². The molecule has 0 aliphatic carbocycles. The number of carbonyl (C=O) groups excluding carboxylic acids is 2. The van der Waals surface area contributed by atoms with E-state index in [2.05, 4.69) is 16.3 Å². The molecule has 1 aromatic heterocycles. The zero-order valence-corrected chi connectivity index (χ0v) is 19.8. The largest absolute Gasteiger partial charge is 0.340 e. The first-order chi connectivity index (χ1) is 16.6. The van der Waals surface area contributed by atoms with Crippen molar-refractivity contribution in [1.82, 2.24) is 15.1 Å². The quantitative estimate of drug-likeness (QED) is 0.569. The van der Waals surface area contributed by atoms with Crippen molar-refractivity contribution in [3.8, 4) is 6.07 Å². The summed E-state index contributed by atoms with van der Waals surface area (Å²) in [7, 11) is 0. The minimum Gasteiger partial charge on any atom is -0.340 e. The highest BCUT2D eigenvalue weighted by Gasteiger charge is 2.28. The van der Waals surface area contributed by atoms with Crippen molar-refractivity contribution in [2.75, 3.05) is 26.2 Å². The van der Waals surface area contributed by atoms with Crippen LogP contribution in [0.1, 0.15) is 32.8 Å². The monoisotopic (exact) mass is 472 g/mol. The highest BCUT2D eigenvalue weighted by Crippen LogP contribution is 2.14. The van der Waals surface area contributed by atoms with Crippen LogP contribution in [-0.4, -0.2) is 53.8 Å². The van der Waals surface area contributed by atoms with Crippen LogP contribution in [0, 0.1) is 11.3 Å². The lowest BCUT2D eigenvalue weighted by atomic mass is 10.0. The molecule has 174 valence electrons. The van der Waals surface area contributed by atoms with Crippen LogP contribution >= 0.6 is 11.3 Å². The Morgan fingerprint density at radius 3 is 2.44 bits per heavy atom. The third-order valence-electron chi connectivity index (χ3n) is 6.02. The number of nitriles is 1. The van der Waals surface area contributed by atoms with Crippen molar-refractivity contribution in [3.63, 3.8) is 0 Å². The van der Waals surface area contributed by atoms with E-state index in [1.165, 1.54) is 11.3 Å². The van der Waals surface area contributed by atoms with Gasteiger partial charge >= 0.3 is 0 Å². The predicted molar refractivity (Wildman–Crippen MR) is 133 cm³/mol. The second-order valence-corrected chi connectivity index (χ2v) is 9.40. The number of hydrogen-bond donors (Lipinski definition) is 1. The molecule has 0 radical (unpaired) electrons. The lowest BCUT2D eigenvalue weighted by Crippen LogP contribution is -2.50. The number of rotatable bonds is 7. The van der Waals surface area contributed by atoms with Gasteiger partial charge in [-0.05, 0) is 41.1 Å². The Kier molecular flexibility index (Phi) is 8.08. The molecule has 1 aliphatic heterocycles. The minimum absolute atomic E-state index is 0.0333. The Hall–Kier alpha value is -3.47. The molecule has 0 spiro atoms. The highest BCUT2D eigenvalue weighted by atomic mass is 32.1. The van der Waals surface area contributed by atoms with Gasteiger partial charge in [0.15, 0.2) is 0 Å². The SMILES string of the molecule is N#Cc1ccc(CN2CCCN(C(=O)[C@@H](Cc3ccccc3)NC(=O)c3cccs3)CC2)cc1. The van der Waals surface area contributed by atoms with Gasteiger partial charge in [-0.15, -0.1) is 11.3 Å². The maximum atomic E-state index is 13.6. The molecule has 4 rings (SSSR count). The lowest BCUT2D eigenvalue weighted by Gasteiger charge is -2.27. The first-order valence-corrected chi connectivity index (χ1v) is 12.4. The number of benzene rings is 2. The van der Waals surface area contributed by atoms with E-state index in [9.17, 15) is 9.59 Å². The van der Waals surface area contributed by atoms with Crippen LogP contribution in [0.2, 0.25) is 0 Å². The molecule has 34 heavy (non-hydrogen) atoms. The summed E-state index contributed by atoms with van der Waals surface area (Å²) in [6.45, 7) is 3.74. The van der Waals surface area contributed by atoms with E-state index < -0.39 is 6.04 Å². The summed E-state index contributed by atoms with van der Waals surface area (Å²) in [4.78, 5) is 31.2. The van der Waals surface area contributed by atoms with Crippen molar-refractivity contribution in [1.29, 1.82) is 5.26 Å². The summed E-state index contributed by atoms with van der Waals surface area (Å²) in [5, 5.41) is 13.8. The molecule has 1 saturated heterocycles. The van der Waals surface area contributed by atoms with Gasteiger partial charge in [-0.25, -0.2) is 0 Å². The molecular weight excluding hydrogens is 444 g/mol. The van der Waals surface area contributed by atoms with Gasteiger partial charge in [-0.3, -0.25) is 14.5 Å². The summed E-state index contributed by atoms with van der Waals surface area (Å²) in [6.07, 6.45) is 1.33. The van der Waals surface area contributed by atoms with Crippen LogP contribution in [0.5, 0.6) is 0 Å². The number of thiophene rings is 1. The van der Waals surface area contributed by atoms with Gasteiger partial charge in [0.05, 0.1) is 16.5 Å². The zero-order chi connectivity index (χ0) is 23.8. The third kappa shape index (κ3) is 6.31. The van der Waals surface area contributed by atoms with Crippen LogP contribution in [0.25, 0.3) is 0 Å². The fraction of sp³-hybridized carbons (Fsp3) is 0.296. The second kappa shape index (κ2) is 11.6. The number of hydrogen-bond acceptors (Lipinski definition) is 5. The fourth-order valence-corrected chi connectivity index (χ4v) is 4.83. The zero-order valence-electron chi connectivity index (χ0n) is 19.0. The molecule has 0 bridgehead atoms. The first kappa shape index (κ1) is 23.7. The number of nitrogens with one attached hydrogen (secondary N) is 1.